The summed E-state index contributed by atoms with van der Waals surface area (Å²) in [7, 11) is 0. The summed E-state index contributed by atoms with van der Waals surface area (Å²) in [6, 6.07) is 16.9. The van der Waals surface area contributed by atoms with Gasteiger partial charge in [-0.15, -0.1) is 10.2 Å². The van der Waals surface area contributed by atoms with E-state index in [1.165, 1.54) is 28.9 Å². The molecule has 2 aromatic heterocycles. The highest BCUT2D eigenvalue weighted by atomic mass is 32.2. The van der Waals surface area contributed by atoms with Gasteiger partial charge in [0, 0.05) is 23.3 Å². The van der Waals surface area contributed by atoms with Crippen molar-refractivity contribution in [2.24, 2.45) is 0 Å². The number of nitrogens with zero attached hydrogens (tertiary/aromatic N) is 5. The molecule has 10 nitrogen and oxygen atoms in total. The van der Waals surface area contributed by atoms with Crippen molar-refractivity contribution < 1.29 is 9.72 Å². The molecule has 30 heavy (non-hydrogen) atoms. The monoisotopic (exact) mass is 421 g/mol. The highest BCUT2D eigenvalue weighted by molar-refractivity contribution is 7.99. The summed E-state index contributed by atoms with van der Waals surface area (Å²) in [5.74, 6) is 6.34. The summed E-state index contributed by atoms with van der Waals surface area (Å²) >= 11 is 1.13. The SMILES string of the molecule is Nn1c(SCC(=O)c2ccc([N+](=O)[O-])cc2)nnc1-c1cc(-c2ccccc2)n[nH]1. The molecule has 2 aromatic carbocycles. The van der Waals surface area contributed by atoms with E-state index in [1.54, 1.807) is 0 Å². The number of aromatic nitrogens is 5. The molecule has 0 radical (unpaired) electrons. The van der Waals surface area contributed by atoms with E-state index in [-0.39, 0.29) is 17.2 Å². The van der Waals surface area contributed by atoms with Gasteiger partial charge in [0.2, 0.25) is 11.0 Å². The van der Waals surface area contributed by atoms with Gasteiger partial charge >= 0.3 is 0 Å². The van der Waals surface area contributed by atoms with Gasteiger partial charge in [0.25, 0.3) is 5.69 Å². The van der Waals surface area contributed by atoms with Crippen molar-refractivity contribution in [2.45, 2.75) is 5.16 Å². The average Bonchev–Trinajstić information content (AvgIpc) is 3.39. The number of rotatable bonds is 7. The van der Waals surface area contributed by atoms with E-state index in [9.17, 15) is 14.9 Å². The molecule has 0 atom stereocenters. The molecule has 0 aliphatic heterocycles. The van der Waals surface area contributed by atoms with Crippen LogP contribution in [-0.4, -0.2) is 41.5 Å². The van der Waals surface area contributed by atoms with Gasteiger partial charge in [0.1, 0.15) is 5.69 Å². The summed E-state index contributed by atoms with van der Waals surface area (Å²) in [4.78, 5) is 22.5. The number of aromatic amines is 1. The number of H-pyrrole nitrogens is 1. The van der Waals surface area contributed by atoms with Crippen LogP contribution >= 0.6 is 11.8 Å². The second-order valence-corrected chi connectivity index (χ2v) is 7.17. The summed E-state index contributed by atoms with van der Waals surface area (Å²) in [6.45, 7) is 0. The lowest BCUT2D eigenvalue weighted by Crippen LogP contribution is -2.13. The Morgan fingerprint density at radius 2 is 1.87 bits per heavy atom. The lowest BCUT2D eigenvalue weighted by atomic mass is 10.1. The highest BCUT2D eigenvalue weighted by Gasteiger charge is 2.17. The molecule has 0 saturated carbocycles. The fourth-order valence-corrected chi connectivity index (χ4v) is 3.49. The molecule has 0 amide bonds. The second-order valence-electron chi connectivity index (χ2n) is 6.22. The minimum absolute atomic E-state index is 0.0609. The number of nitro benzene ring substituents is 1. The van der Waals surface area contributed by atoms with E-state index in [4.69, 9.17) is 5.84 Å². The maximum Gasteiger partial charge on any atom is 0.269 e. The third-order valence-corrected chi connectivity index (χ3v) is 5.23. The molecule has 150 valence electrons. The van der Waals surface area contributed by atoms with Gasteiger partial charge < -0.3 is 5.84 Å². The number of thioether (sulfide) groups is 1. The molecular weight excluding hydrogens is 406 g/mol. The van der Waals surface area contributed by atoms with Crippen LogP contribution in [-0.2, 0) is 0 Å². The van der Waals surface area contributed by atoms with E-state index in [1.807, 2.05) is 36.4 Å². The number of nitrogens with one attached hydrogen (secondary N) is 1. The van der Waals surface area contributed by atoms with Crippen LogP contribution in [0.25, 0.3) is 22.8 Å². The number of hydrogen-bond acceptors (Lipinski definition) is 8. The highest BCUT2D eigenvalue weighted by Crippen LogP contribution is 2.25. The first kappa shape index (κ1) is 19.3. The van der Waals surface area contributed by atoms with Gasteiger partial charge in [0.15, 0.2) is 5.78 Å². The van der Waals surface area contributed by atoms with Crippen molar-refractivity contribution in [1.82, 2.24) is 25.1 Å². The first-order valence-electron chi connectivity index (χ1n) is 8.75. The van der Waals surface area contributed by atoms with E-state index in [0.717, 1.165) is 23.0 Å². The van der Waals surface area contributed by atoms with E-state index in [0.29, 0.717) is 22.2 Å². The third-order valence-electron chi connectivity index (χ3n) is 4.29. The molecule has 0 unspecified atom stereocenters. The molecule has 0 spiro atoms. The normalized spacial score (nSPS) is 10.8. The number of nitro groups is 1. The Labute approximate surface area is 174 Å². The summed E-state index contributed by atoms with van der Waals surface area (Å²) < 4.78 is 1.29. The van der Waals surface area contributed by atoms with Gasteiger partial charge in [-0.1, -0.05) is 42.1 Å². The van der Waals surface area contributed by atoms with Crippen molar-refractivity contribution in [3.8, 4) is 22.8 Å². The van der Waals surface area contributed by atoms with Crippen LogP contribution in [0.15, 0.2) is 65.8 Å². The largest absolute Gasteiger partial charge is 0.335 e. The van der Waals surface area contributed by atoms with Crippen molar-refractivity contribution in [3.05, 3.63) is 76.3 Å². The summed E-state index contributed by atoms with van der Waals surface area (Å²) in [5.41, 5.74) is 2.59. The number of non-ortho nitro benzene ring substituents is 1. The first-order valence-corrected chi connectivity index (χ1v) is 9.73. The fraction of sp³-hybridized carbons (Fsp3) is 0.0526. The first-order chi connectivity index (χ1) is 14.5. The van der Waals surface area contributed by atoms with Crippen LogP contribution in [0.3, 0.4) is 0 Å². The number of carbonyl (C=O) groups excluding carboxylic acids is 1. The van der Waals surface area contributed by atoms with Gasteiger partial charge in [-0.25, -0.2) is 4.68 Å². The summed E-state index contributed by atoms with van der Waals surface area (Å²) in [5, 5.41) is 26.4. The fourth-order valence-electron chi connectivity index (χ4n) is 2.73. The number of nitrogen functional groups attached to an aromatic ring is 1. The number of Topliss-reactive ketones (excluding diaryl/α,β-unsaturated/α-hetero) is 1. The van der Waals surface area contributed by atoms with Crippen LogP contribution in [0.4, 0.5) is 5.69 Å². The lowest BCUT2D eigenvalue weighted by molar-refractivity contribution is -0.384. The second kappa shape index (κ2) is 8.17. The quantitative estimate of drug-likeness (QED) is 0.152. The zero-order valence-electron chi connectivity index (χ0n) is 15.4. The Morgan fingerprint density at radius 3 is 2.57 bits per heavy atom. The minimum Gasteiger partial charge on any atom is -0.335 e. The molecule has 4 rings (SSSR count). The maximum atomic E-state index is 12.3. The Morgan fingerprint density at radius 1 is 1.13 bits per heavy atom. The Hall–Kier alpha value is -3.99. The molecule has 0 aliphatic rings. The predicted molar refractivity (Wildman–Crippen MR) is 111 cm³/mol. The zero-order valence-corrected chi connectivity index (χ0v) is 16.2. The molecule has 0 fully saturated rings. The predicted octanol–water partition coefficient (Wildman–Crippen LogP) is 2.93. The van der Waals surface area contributed by atoms with Crippen LogP contribution in [0.5, 0.6) is 0 Å². The van der Waals surface area contributed by atoms with Crippen molar-refractivity contribution in [3.63, 3.8) is 0 Å². The number of benzene rings is 2. The van der Waals surface area contributed by atoms with E-state index < -0.39 is 4.92 Å². The standard InChI is InChI=1S/C19H15N7O3S/c20-25-18(16-10-15(21-22-16)12-4-2-1-3-5-12)23-24-19(25)30-11-17(27)13-6-8-14(9-7-13)26(28)29/h1-10H,11,20H2,(H,21,22). The van der Waals surface area contributed by atoms with E-state index >= 15 is 0 Å². The topological polar surface area (TPSA) is 146 Å². The Bertz CT molecular complexity index is 1200. The van der Waals surface area contributed by atoms with Crippen molar-refractivity contribution >= 4 is 23.2 Å². The van der Waals surface area contributed by atoms with Gasteiger partial charge in [0.05, 0.1) is 16.4 Å². The number of hydrogen-bond donors (Lipinski definition) is 2. The molecule has 3 N–H and O–H groups in total. The van der Waals surface area contributed by atoms with Crippen LogP contribution in [0.1, 0.15) is 10.4 Å². The zero-order chi connectivity index (χ0) is 21.1. The smallest absolute Gasteiger partial charge is 0.269 e. The Kier molecular flexibility index (Phi) is 5.26. The van der Waals surface area contributed by atoms with Gasteiger partial charge in [-0.05, 0) is 18.2 Å². The van der Waals surface area contributed by atoms with Gasteiger partial charge in [-0.3, -0.25) is 20.0 Å². The number of nitrogens with two attached hydrogens (primary N) is 1. The summed E-state index contributed by atoms with van der Waals surface area (Å²) in [6.07, 6.45) is 0. The molecule has 2 heterocycles. The maximum absolute atomic E-state index is 12.3. The van der Waals surface area contributed by atoms with Crippen LogP contribution < -0.4 is 5.84 Å². The minimum atomic E-state index is -0.514. The number of carbonyl (C=O) groups is 1. The molecule has 0 bridgehead atoms. The lowest BCUT2D eigenvalue weighted by Gasteiger charge is -2.02. The Balaban J connectivity index is 1.45. The number of ketones is 1. The molecule has 4 aromatic rings. The molecule has 0 saturated heterocycles. The average molecular weight is 421 g/mol. The molecule has 11 heteroatoms. The van der Waals surface area contributed by atoms with E-state index in [2.05, 4.69) is 20.4 Å². The van der Waals surface area contributed by atoms with Crippen LogP contribution in [0, 0.1) is 10.1 Å². The van der Waals surface area contributed by atoms with Crippen LogP contribution in [0.2, 0.25) is 0 Å². The van der Waals surface area contributed by atoms with Gasteiger partial charge in [-0.2, -0.15) is 5.10 Å². The van der Waals surface area contributed by atoms with Crippen molar-refractivity contribution in [1.29, 1.82) is 0 Å². The van der Waals surface area contributed by atoms with Crippen molar-refractivity contribution in [2.75, 3.05) is 11.6 Å². The molecule has 0 aliphatic carbocycles. The third kappa shape index (κ3) is 3.91. The molecular formula is C19H15N7O3S.